The minimum atomic E-state index is -1.46. The second-order valence-electron chi connectivity index (χ2n) is 12.2. The number of aliphatic hydroxyl groups is 1. The summed E-state index contributed by atoms with van der Waals surface area (Å²) in [6.07, 6.45) is 1.45. The minimum absolute atomic E-state index is 0.0296. The number of rotatable bonds is 5. The lowest BCUT2D eigenvalue weighted by Gasteiger charge is -2.42. The van der Waals surface area contributed by atoms with Crippen molar-refractivity contribution >= 4 is 11.6 Å². The van der Waals surface area contributed by atoms with Crippen molar-refractivity contribution in [2.45, 2.75) is 71.6 Å². The molecule has 0 radical (unpaired) electrons. The molecule has 0 atom stereocenters. The normalized spacial score (nSPS) is 16.4. The summed E-state index contributed by atoms with van der Waals surface area (Å²) >= 11 is 0. The Kier molecular flexibility index (Phi) is 7.06. The minimum Gasteiger partial charge on any atom is -0.486 e. The van der Waals surface area contributed by atoms with Gasteiger partial charge in [0.2, 0.25) is 0 Å². The lowest BCUT2D eigenvalue weighted by atomic mass is 9.77. The van der Waals surface area contributed by atoms with Crippen molar-refractivity contribution < 1.29 is 23.4 Å². The number of benzene rings is 2. The van der Waals surface area contributed by atoms with Gasteiger partial charge in [0.15, 0.2) is 17.4 Å². The van der Waals surface area contributed by atoms with Crippen LogP contribution < -0.4 is 9.64 Å². The molecule has 0 spiro atoms. The Bertz CT molecular complexity index is 1470. The first-order valence-corrected chi connectivity index (χ1v) is 13.6. The van der Waals surface area contributed by atoms with Crippen LogP contribution in [0.15, 0.2) is 36.5 Å². The Labute approximate surface area is 233 Å². The van der Waals surface area contributed by atoms with E-state index in [4.69, 9.17) is 4.74 Å². The quantitative estimate of drug-likeness (QED) is 0.481. The highest BCUT2D eigenvalue weighted by Crippen LogP contribution is 2.39. The number of hydrogen-bond acceptors (Lipinski definition) is 6. The standard InChI is InChI=1S/C31H36F2N4O3/c1-18(2)37-9-10-40-28-23(32)13-20(14-25(28)37)27-24(33)15-34-26(35-27)12-19-7-8-22-21(11-19)16-36(17-30(22,3)4)29(38)31(5,6)39/h7-8,11,13-15,18,39H,9-10,12,16-17H2,1-6H3. The number of amides is 1. The lowest BCUT2D eigenvalue weighted by molar-refractivity contribution is -0.149. The van der Waals surface area contributed by atoms with Gasteiger partial charge in [-0.15, -0.1) is 0 Å². The molecule has 5 rings (SSSR count). The fraction of sp³-hybridized carbons (Fsp3) is 0.452. The summed E-state index contributed by atoms with van der Waals surface area (Å²) in [5.41, 5.74) is 2.20. The highest BCUT2D eigenvalue weighted by Gasteiger charge is 2.38. The van der Waals surface area contributed by atoms with E-state index in [1.165, 1.54) is 19.9 Å². The first kappa shape index (κ1) is 28.0. The van der Waals surface area contributed by atoms with Crippen molar-refractivity contribution in [3.05, 3.63) is 70.7 Å². The van der Waals surface area contributed by atoms with E-state index >= 15 is 4.39 Å². The summed E-state index contributed by atoms with van der Waals surface area (Å²) in [5.74, 6) is -0.941. The maximum absolute atomic E-state index is 15.1. The fourth-order valence-electron chi connectivity index (χ4n) is 5.75. The van der Waals surface area contributed by atoms with Crippen LogP contribution in [0.2, 0.25) is 0 Å². The van der Waals surface area contributed by atoms with E-state index in [0.29, 0.717) is 49.7 Å². The second kappa shape index (κ2) is 10.1. The maximum atomic E-state index is 15.1. The largest absolute Gasteiger partial charge is 0.486 e. The summed E-state index contributed by atoms with van der Waals surface area (Å²) in [6.45, 7) is 13.1. The van der Waals surface area contributed by atoms with E-state index in [9.17, 15) is 14.3 Å². The van der Waals surface area contributed by atoms with Crippen LogP contribution in [-0.2, 0) is 23.2 Å². The van der Waals surface area contributed by atoms with Crippen LogP contribution in [0, 0.1) is 11.6 Å². The van der Waals surface area contributed by atoms with E-state index in [-0.39, 0.29) is 28.8 Å². The average molecular weight is 551 g/mol. The lowest BCUT2D eigenvalue weighted by Crippen LogP contribution is -2.51. The smallest absolute Gasteiger partial charge is 0.254 e. The monoisotopic (exact) mass is 550 g/mol. The molecule has 2 aliphatic rings. The summed E-state index contributed by atoms with van der Waals surface area (Å²) < 4.78 is 35.6. The van der Waals surface area contributed by atoms with Gasteiger partial charge in [-0.05, 0) is 56.5 Å². The number of nitrogens with zero attached hydrogens (tertiary/aromatic N) is 4. The molecule has 0 fully saturated rings. The molecular formula is C31H36F2N4O3. The molecule has 9 heteroatoms. The Hall–Kier alpha value is -3.59. The number of halogens is 2. The van der Waals surface area contributed by atoms with Gasteiger partial charge in [-0.2, -0.15) is 0 Å². The van der Waals surface area contributed by atoms with Gasteiger partial charge in [-0.25, -0.2) is 18.7 Å². The van der Waals surface area contributed by atoms with E-state index in [0.717, 1.165) is 22.9 Å². The van der Waals surface area contributed by atoms with Crippen LogP contribution in [-0.4, -0.2) is 57.2 Å². The molecule has 3 aromatic rings. The van der Waals surface area contributed by atoms with Crippen molar-refractivity contribution in [3.63, 3.8) is 0 Å². The van der Waals surface area contributed by atoms with Gasteiger partial charge < -0.3 is 19.6 Å². The third-order valence-electron chi connectivity index (χ3n) is 7.62. The third kappa shape index (κ3) is 5.27. The molecule has 3 heterocycles. The number of ether oxygens (including phenoxy) is 1. The van der Waals surface area contributed by atoms with Gasteiger partial charge in [0.05, 0.1) is 18.4 Å². The topological polar surface area (TPSA) is 78.8 Å². The Balaban J connectivity index is 1.46. The van der Waals surface area contributed by atoms with Crippen molar-refractivity contribution in [2.75, 3.05) is 24.6 Å². The van der Waals surface area contributed by atoms with E-state index < -0.39 is 17.2 Å². The van der Waals surface area contributed by atoms with Crippen molar-refractivity contribution in [1.82, 2.24) is 14.9 Å². The molecular weight excluding hydrogens is 514 g/mol. The first-order valence-electron chi connectivity index (χ1n) is 13.6. The molecule has 2 aromatic carbocycles. The van der Waals surface area contributed by atoms with Gasteiger partial charge >= 0.3 is 0 Å². The highest BCUT2D eigenvalue weighted by atomic mass is 19.1. The average Bonchev–Trinajstić information content (AvgIpc) is 2.87. The zero-order chi connectivity index (χ0) is 29.0. The summed E-state index contributed by atoms with van der Waals surface area (Å²) in [7, 11) is 0. The molecule has 40 heavy (non-hydrogen) atoms. The highest BCUT2D eigenvalue weighted by molar-refractivity contribution is 5.84. The summed E-state index contributed by atoms with van der Waals surface area (Å²) in [5, 5.41) is 10.3. The zero-order valence-corrected chi connectivity index (χ0v) is 23.9. The number of anilines is 1. The van der Waals surface area contributed by atoms with Crippen LogP contribution in [0.4, 0.5) is 14.5 Å². The number of fused-ring (bicyclic) bond motifs is 2. The number of carbonyl (C=O) groups excluding carboxylic acids is 1. The van der Waals surface area contributed by atoms with Gasteiger partial charge in [0.25, 0.3) is 5.91 Å². The van der Waals surface area contributed by atoms with Crippen LogP contribution in [0.1, 0.15) is 64.1 Å². The third-order valence-corrected chi connectivity index (χ3v) is 7.62. The van der Waals surface area contributed by atoms with E-state index in [1.807, 2.05) is 30.9 Å². The molecule has 212 valence electrons. The predicted octanol–water partition coefficient (Wildman–Crippen LogP) is 5.01. The van der Waals surface area contributed by atoms with Gasteiger partial charge in [0, 0.05) is 36.5 Å². The molecule has 1 N–H and O–H groups in total. The van der Waals surface area contributed by atoms with Gasteiger partial charge in [-0.3, -0.25) is 4.79 Å². The zero-order valence-electron chi connectivity index (χ0n) is 23.9. The van der Waals surface area contributed by atoms with Crippen molar-refractivity contribution in [1.29, 1.82) is 0 Å². The molecule has 7 nitrogen and oxygen atoms in total. The Morgan fingerprint density at radius 1 is 1.18 bits per heavy atom. The summed E-state index contributed by atoms with van der Waals surface area (Å²) in [6, 6.07) is 9.17. The fourth-order valence-corrected chi connectivity index (χ4v) is 5.75. The van der Waals surface area contributed by atoms with Gasteiger partial charge in [0.1, 0.15) is 23.7 Å². The van der Waals surface area contributed by atoms with Crippen LogP contribution in [0.5, 0.6) is 5.75 Å². The van der Waals surface area contributed by atoms with Crippen molar-refractivity contribution in [2.24, 2.45) is 0 Å². The van der Waals surface area contributed by atoms with Crippen molar-refractivity contribution in [3.8, 4) is 17.0 Å². The molecule has 0 saturated heterocycles. The van der Waals surface area contributed by atoms with Crippen LogP contribution >= 0.6 is 0 Å². The molecule has 1 amide bonds. The SMILES string of the molecule is CC(C)N1CCOc2c(F)cc(-c3nc(Cc4ccc5c(c4)CN(C(=O)C(C)(C)O)CC5(C)C)ncc3F)cc21. The predicted molar refractivity (Wildman–Crippen MR) is 149 cm³/mol. The Morgan fingerprint density at radius 3 is 2.62 bits per heavy atom. The maximum Gasteiger partial charge on any atom is 0.254 e. The molecule has 0 saturated carbocycles. The number of aromatic nitrogens is 2. The molecule has 1 aromatic heterocycles. The Morgan fingerprint density at radius 2 is 1.93 bits per heavy atom. The van der Waals surface area contributed by atoms with E-state index in [2.05, 4.69) is 29.9 Å². The molecule has 2 aliphatic heterocycles. The number of carbonyl (C=O) groups is 1. The molecule has 0 unspecified atom stereocenters. The summed E-state index contributed by atoms with van der Waals surface area (Å²) in [4.78, 5) is 25.3. The number of hydrogen-bond donors (Lipinski definition) is 1. The van der Waals surface area contributed by atoms with Crippen LogP contribution in [0.3, 0.4) is 0 Å². The second-order valence-corrected chi connectivity index (χ2v) is 12.2. The van der Waals surface area contributed by atoms with E-state index in [1.54, 1.807) is 11.0 Å². The first-order chi connectivity index (χ1) is 18.7. The molecule has 0 aliphatic carbocycles. The van der Waals surface area contributed by atoms with Gasteiger partial charge in [-0.1, -0.05) is 32.0 Å². The van der Waals surface area contributed by atoms with Crippen LogP contribution in [0.25, 0.3) is 11.3 Å². The molecule has 0 bridgehead atoms.